The van der Waals surface area contributed by atoms with E-state index < -0.39 is 29.1 Å². The van der Waals surface area contributed by atoms with E-state index >= 15 is 0 Å². The van der Waals surface area contributed by atoms with Crippen LogP contribution in [0, 0.1) is 6.92 Å². The van der Waals surface area contributed by atoms with E-state index in [0.717, 1.165) is 28.4 Å². The van der Waals surface area contributed by atoms with Crippen LogP contribution in [0.5, 0.6) is 5.75 Å². The van der Waals surface area contributed by atoms with E-state index in [4.69, 9.17) is 20.9 Å². The predicted octanol–water partition coefficient (Wildman–Crippen LogP) is 5.64. The van der Waals surface area contributed by atoms with E-state index in [9.17, 15) is 22.8 Å². The fourth-order valence-corrected chi connectivity index (χ4v) is 5.20. The number of aryl methyl sites for hydroxylation is 1. The van der Waals surface area contributed by atoms with Crippen molar-refractivity contribution in [1.29, 1.82) is 0 Å². The summed E-state index contributed by atoms with van der Waals surface area (Å²) in [6.45, 7) is 1.84. The lowest BCUT2D eigenvalue weighted by atomic mass is 10.1. The van der Waals surface area contributed by atoms with Crippen LogP contribution in [-0.4, -0.2) is 44.2 Å². The summed E-state index contributed by atoms with van der Waals surface area (Å²) in [6.07, 6.45) is -2.25. The van der Waals surface area contributed by atoms with Gasteiger partial charge in [-0.05, 0) is 54.8 Å². The normalized spacial score (nSPS) is 14.0. The lowest BCUT2D eigenvalue weighted by Crippen LogP contribution is -2.48. The first-order chi connectivity index (χ1) is 21.0. The van der Waals surface area contributed by atoms with Crippen LogP contribution in [0.15, 0.2) is 65.4 Å². The summed E-state index contributed by atoms with van der Waals surface area (Å²) in [5.41, 5.74) is 0.336. The quantitative estimate of drug-likeness (QED) is 0.229. The number of carbonyl (C=O) groups excluding carboxylic acids is 2. The molecule has 3 heterocycles. The lowest BCUT2D eigenvalue weighted by molar-refractivity contribution is -0.137. The van der Waals surface area contributed by atoms with Crippen LogP contribution in [0.25, 0.3) is 28.1 Å². The maximum atomic E-state index is 13.0. The molecule has 10 nitrogen and oxygen atoms in total. The minimum absolute atomic E-state index is 0.156. The molecule has 226 valence electrons. The molecule has 1 aliphatic rings. The third-order valence-corrected chi connectivity index (χ3v) is 7.75. The molecule has 3 aromatic heterocycles. The second kappa shape index (κ2) is 11.0. The van der Waals surface area contributed by atoms with Crippen LogP contribution in [0.3, 0.4) is 0 Å². The molecule has 2 amide bonds. The van der Waals surface area contributed by atoms with Gasteiger partial charge < -0.3 is 24.5 Å². The predicted molar refractivity (Wildman–Crippen MR) is 153 cm³/mol. The lowest BCUT2D eigenvalue weighted by Gasteiger charge is -2.18. The van der Waals surface area contributed by atoms with Gasteiger partial charge in [-0.1, -0.05) is 28.9 Å². The van der Waals surface area contributed by atoms with E-state index in [1.807, 2.05) is 47.0 Å². The van der Waals surface area contributed by atoms with Gasteiger partial charge in [-0.2, -0.15) is 18.2 Å². The Morgan fingerprint density at radius 3 is 2.50 bits per heavy atom. The first-order valence-electron chi connectivity index (χ1n) is 13.4. The number of alkyl halides is 3. The molecule has 0 unspecified atom stereocenters. The number of rotatable bonds is 8. The molecule has 2 N–H and O–H groups in total. The van der Waals surface area contributed by atoms with Gasteiger partial charge in [-0.15, -0.1) is 0 Å². The molecule has 1 fully saturated rings. The molecule has 2 aromatic carbocycles. The van der Waals surface area contributed by atoms with E-state index in [1.54, 1.807) is 14.0 Å². The Bertz CT molecular complexity index is 1900. The summed E-state index contributed by atoms with van der Waals surface area (Å²) in [7, 11) is 1.57. The number of carbonyl (C=O) groups is 2. The number of ether oxygens (including phenoxy) is 1. The second-order valence-corrected chi connectivity index (χ2v) is 10.7. The average Bonchev–Trinajstić information content (AvgIpc) is 3.58. The summed E-state index contributed by atoms with van der Waals surface area (Å²) in [5.74, 6) is 0.101. The van der Waals surface area contributed by atoms with Gasteiger partial charge in [0.1, 0.15) is 17.0 Å². The van der Waals surface area contributed by atoms with Gasteiger partial charge in [-0.25, -0.2) is 0 Å². The molecule has 6 rings (SSSR count). The smallest absolute Gasteiger partial charge is 0.417 e. The zero-order valence-corrected chi connectivity index (χ0v) is 24.1. The third-order valence-electron chi connectivity index (χ3n) is 7.36. The number of amides is 2. The topological polar surface area (TPSA) is 124 Å². The van der Waals surface area contributed by atoms with E-state index in [-0.39, 0.29) is 12.1 Å². The minimum Gasteiger partial charge on any atom is -0.497 e. The van der Waals surface area contributed by atoms with Crippen molar-refractivity contribution in [2.24, 2.45) is 0 Å². The fraction of sp³-hybridized carbons (Fsp3) is 0.233. The zero-order valence-electron chi connectivity index (χ0n) is 23.3. The highest BCUT2D eigenvalue weighted by Gasteiger charge is 2.51. The van der Waals surface area contributed by atoms with Crippen LogP contribution in [0.1, 0.15) is 40.2 Å². The molecule has 5 aromatic rings. The highest BCUT2D eigenvalue weighted by atomic mass is 35.5. The summed E-state index contributed by atoms with van der Waals surface area (Å²) >= 11 is 6.82. The van der Waals surface area contributed by atoms with Crippen molar-refractivity contribution >= 4 is 34.3 Å². The number of hydrogen-bond acceptors (Lipinski definition) is 7. The van der Waals surface area contributed by atoms with Crippen molar-refractivity contribution in [3.63, 3.8) is 0 Å². The molecule has 0 bridgehead atoms. The average molecular weight is 625 g/mol. The van der Waals surface area contributed by atoms with Gasteiger partial charge in [0.15, 0.2) is 0 Å². The Hall–Kier alpha value is -4.91. The van der Waals surface area contributed by atoms with Crippen LogP contribution in [-0.2, 0) is 17.5 Å². The number of pyridine rings is 1. The first-order valence-corrected chi connectivity index (χ1v) is 13.8. The zero-order chi connectivity index (χ0) is 31.2. The van der Waals surface area contributed by atoms with Gasteiger partial charge in [0.05, 0.1) is 28.8 Å². The Kier molecular flexibility index (Phi) is 7.28. The fourth-order valence-electron chi connectivity index (χ4n) is 4.88. The summed E-state index contributed by atoms with van der Waals surface area (Å²) < 4.78 is 51.6. The van der Waals surface area contributed by atoms with E-state index in [0.29, 0.717) is 53.3 Å². The molecule has 14 heteroatoms. The van der Waals surface area contributed by atoms with E-state index in [1.165, 1.54) is 0 Å². The highest BCUT2D eigenvalue weighted by molar-refractivity contribution is 6.38. The van der Waals surface area contributed by atoms with Crippen LogP contribution >= 0.6 is 11.6 Å². The number of aromatic nitrogens is 4. The monoisotopic (exact) mass is 624 g/mol. The van der Waals surface area contributed by atoms with Crippen molar-refractivity contribution in [1.82, 2.24) is 30.3 Å². The molecule has 44 heavy (non-hydrogen) atoms. The van der Waals surface area contributed by atoms with Gasteiger partial charge in [0.2, 0.25) is 17.6 Å². The van der Waals surface area contributed by atoms with Crippen molar-refractivity contribution in [2.75, 3.05) is 7.11 Å². The largest absolute Gasteiger partial charge is 0.497 e. The molecule has 0 aliphatic heterocycles. The Morgan fingerprint density at radius 1 is 1.11 bits per heavy atom. The van der Waals surface area contributed by atoms with Gasteiger partial charge in [0.25, 0.3) is 5.91 Å². The van der Waals surface area contributed by atoms with Gasteiger partial charge in [0, 0.05) is 36.9 Å². The number of halogens is 4. The number of fused-ring (bicyclic) bond motifs is 1. The number of hydrogen-bond donors (Lipinski definition) is 2. The maximum absolute atomic E-state index is 13.0. The molecule has 0 radical (unpaired) electrons. The van der Waals surface area contributed by atoms with Crippen molar-refractivity contribution in [3.8, 4) is 23.0 Å². The summed E-state index contributed by atoms with van der Waals surface area (Å²) in [6, 6.07) is 13.6. The van der Waals surface area contributed by atoms with Crippen molar-refractivity contribution in [2.45, 2.75) is 38.0 Å². The van der Waals surface area contributed by atoms with E-state index in [2.05, 4.69) is 25.8 Å². The second-order valence-electron chi connectivity index (χ2n) is 10.4. The number of benzene rings is 2. The molecule has 0 atom stereocenters. The van der Waals surface area contributed by atoms with Gasteiger partial charge >= 0.3 is 6.18 Å². The maximum Gasteiger partial charge on any atom is 0.417 e. The molecule has 0 saturated heterocycles. The first kappa shape index (κ1) is 29.2. The SMILES string of the molecule is COc1ccc2c(c1)c(Cl)c(-c1noc(C)n1)n2-c1ccc(CNC(=O)C2(NC(=O)c3cncc(C(F)(F)F)c3)CC2)cc1. The van der Waals surface area contributed by atoms with Crippen LogP contribution < -0.4 is 15.4 Å². The Labute approximate surface area is 253 Å². The molecule has 0 spiro atoms. The summed E-state index contributed by atoms with van der Waals surface area (Å²) in [4.78, 5) is 33.6. The molecule has 1 aliphatic carbocycles. The minimum atomic E-state index is -4.64. The highest BCUT2D eigenvalue weighted by Crippen LogP contribution is 2.40. The standard InChI is InChI=1S/C30H24ClF3N6O4/c1-16-37-26(39-44-16)25-24(31)22-12-21(43-2)7-8-23(22)40(25)20-5-3-17(4-6-20)13-36-28(42)29(9-10-29)38-27(41)18-11-19(15-35-14-18)30(32,33)34/h3-8,11-12,14-15H,9-10,13H2,1-2H3,(H,36,42)(H,38,41). The van der Waals surface area contributed by atoms with Crippen LogP contribution in [0.4, 0.5) is 13.2 Å². The number of nitrogens with one attached hydrogen (secondary N) is 2. The Balaban J connectivity index is 1.19. The van der Waals surface area contributed by atoms with Gasteiger partial charge in [-0.3, -0.25) is 14.6 Å². The number of nitrogens with zero attached hydrogens (tertiary/aromatic N) is 4. The summed E-state index contributed by atoms with van der Waals surface area (Å²) in [5, 5.41) is 10.6. The van der Waals surface area contributed by atoms with Crippen molar-refractivity contribution < 1.29 is 32.0 Å². The van der Waals surface area contributed by atoms with Crippen LogP contribution in [0.2, 0.25) is 5.02 Å². The Morgan fingerprint density at radius 2 is 1.86 bits per heavy atom. The molecule has 1 saturated carbocycles. The molecular formula is C30H24ClF3N6O4. The number of methoxy groups -OCH3 is 1. The molecular weight excluding hydrogens is 601 g/mol. The third kappa shape index (κ3) is 5.46. The van der Waals surface area contributed by atoms with Crippen molar-refractivity contribution in [3.05, 3.63) is 88.5 Å².